The first-order valence-corrected chi connectivity index (χ1v) is 4.99. The fourth-order valence-corrected chi connectivity index (χ4v) is 1.67. The number of halogens is 1. The Morgan fingerprint density at radius 2 is 1.69 bits per heavy atom. The molecular weight excluding hydrogens is 186 g/mol. The molecule has 0 aromatic carbocycles. The van der Waals surface area contributed by atoms with Crippen LogP contribution in [0, 0.1) is 0 Å². The van der Waals surface area contributed by atoms with E-state index < -0.39 is 0 Å². The minimum absolute atomic E-state index is 0. The average molecular weight is 208 g/mol. The fourth-order valence-electron chi connectivity index (χ4n) is 1.67. The molecule has 1 rings (SSSR count). The van der Waals surface area contributed by atoms with Crippen molar-refractivity contribution in [1.82, 2.24) is 5.32 Å². The zero-order valence-electron chi connectivity index (χ0n) is 9.04. The average Bonchev–Trinajstić information content (AvgIpc) is 1.80. The van der Waals surface area contributed by atoms with E-state index in [0.717, 1.165) is 0 Å². The summed E-state index contributed by atoms with van der Waals surface area (Å²) in [5.41, 5.74) is 0. The van der Waals surface area contributed by atoms with E-state index in [1.807, 2.05) is 0 Å². The van der Waals surface area contributed by atoms with Crippen molar-refractivity contribution in [3.05, 3.63) is 0 Å². The molecule has 1 aliphatic carbocycles. The van der Waals surface area contributed by atoms with Gasteiger partial charge in [0.15, 0.2) is 0 Å². The third-order valence-corrected chi connectivity index (χ3v) is 2.13. The van der Waals surface area contributed by atoms with E-state index in [4.69, 9.17) is 4.74 Å². The van der Waals surface area contributed by atoms with Gasteiger partial charge in [-0.05, 0) is 26.7 Å². The first-order chi connectivity index (χ1) is 5.58. The van der Waals surface area contributed by atoms with E-state index in [0.29, 0.717) is 24.3 Å². The van der Waals surface area contributed by atoms with Crippen LogP contribution in [0.3, 0.4) is 0 Å². The van der Waals surface area contributed by atoms with Gasteiger partial charge in [-0.1, -0.05) is 13.8 Å². The van der Waals surface area contributed by atoms with Crippen molar-refractivity contribution >= 4 is 12.4 Å². The molecular formula is C10H22ClNO. The molecule has 1 N–H and O–H groups in total. The Kier molecular flexibility index (Phi) is 5.93. The molecule has 0 saturated heterocycles. The molecule has 2 nitrogen and oxygen atoms in total. The summed E-state index contributed by atoms with van der Waals surface area (Å²) in [6.45, 7) is 8.58. The fraction of sp³-hybridized carbons (Fsp3) is 1.00. The Morgan fingerprint density at radius 3 is 2.08 bits per heavy atom. The minimum atomic E-state index is 0. The molecule has 0 aliphatic heterocycles. The Morgan fingerprint density at radius 1 is 1.15 bits per heavy atom. The van der Waals surface area contributed by atoms with E-state index in [1.165, 1.54) is 12.8 Å². The highest BCUT2D eigenvalue weighted by Gasteiger charge is 2.30. The van der Waals surface area contributed by atoms with Gasteiger partial charge in [-0.25, -0.2) is 0 Å². The van der Waals surface area contributed by atoms with Crippen molar-refractivity contribution < 1.29 is 4.74 Å². The van der Waals surface area contributed by atoms with Crippen molar-refractivity contribution in [1.29, 1.82) is 0 Å². The first kappa shape index (κ1) is 13.2. The van der Waals surface area contributed by atoms with Gasteiger partial charge >= 0.3 is 0 Å². The molecule has 0 spiro atoms. The molecule has 0 amide bonds. The second kappa shape index (κ2) is 5.84. The van der Waals surface area contributed by atoms with Crippen LogP contribution in [0.5, 0.6) is 0 Å². The summed E-state index contributed by atoms with van der Waals surface area (Å²) >= 11 is 0. The molecule has 1 aliphatic rings. The minimum Gasteiger partial charge on any atom is -0.375 e. The Labute approximate surface area is 87.8 Å². The zero-order valence-corrected chi connectivity index (χ0v) is 9.86. The second-order valence-corrected chi connectivity index (χ2v) is 4.30. The van der Waals surface area contributed by atoms with Crippen molar-refractivity contribution in [3.63, 3.8) is 0 Å². The van der Waals surface area contributed by atoms with E-state index in [-0.39, 0.29) is 12.4 Å². The van der Waals surface area contributed by atoms with Gasteiger partial charge < -0.3 is 10.1 Å². The van der Waals surface area contributed by atoms with Crippen LogP contribution in [0.15, 0.2) is 0 Å². The van der Waals surface area contributed by atoms with Gasteiger partial charge in [-0.2, -0.15) is 0 Å². The molecule has 13 heavy (non-hydrogen) atoms. The number of rotatable bonds is 4. The van der Waals surface area contributed by atoms with Gasteiger partial charge in [0.05, 0.1) is 12.2 Å². The lowest BCUT2D eigenvalue weighted by molar-refractivity contribution is -0.0508. The number of hydrogen-bond donors (Lipinski definition) is 1. The van der Waals surface area contributed by atoms with Gasteiger partial charge in [0.25, 0.3) is 0 Å². The summed E-state index contributed by atoms with van der Waals surface area (Å²) in [6.07, 6.45) is 3.28. The van der Waals surface area contributed by atoms with Crippen LogP contribution >= 0.6 is 12.4 Å². The van der Waals surface area contributed by atoms with Gasteiger partial charge in [0.1, 0.15) is 0 Å². The summed E-state index contributed by atoms with van der Waals surface area (Å²) in [4.78, 5) is 0. The molecule has 0 heterocycles. The SMILES string of the molecule is CC(C)NC1CC(OC(C)C)C1.Cl. The van der Waals surface area contributed by atoms with Crippen molar-refractivity contribution in [2.24, 2.45) is 0 Å². The molecule has 0 bridgehead atoms. The largest absolute Gasteiger partial charge is 0.375 e. The number of hydrogen-bond acceptors (Lipinski definition) is 2. The van der Waals surface area contributed by atoms with Gasteiger partial charge in [0.2, 0.25) is 0 Å². The molecule has 0 aromatic heterocycles. The van der Waals surface area contributed by atoms with Crippen molar-refractivity contribution in [2.45, 2.75) is 64.8 Å². The lowest BCUT2D eigenvalue weighted by Gasteiger charge is -2.38. The van der Waals surface area contributed by atoms with Crippen molar-refractivity contribution in [3.8, 4) is 0 Å². The van der Waals surface area contributed by atoms with Crippen LogP contribution in [0.25, 0.3) is 0 Å². The molecule has 3 heteroatoms. The number of ether oxygens (including phenoxy) is 1. The first-order valence-electron chi connectivity index (χ1n) is 4.99. The maximum Gasteiger partial charge on any atom is 0.0608 e. The van der Waals surface area contributed by atoms with E-state index in [2.05, 4.69) is 33.0 Å². The lowest BCUT2D eigenvalue weighted by atomic mass is 9.88. The summed E-state index contributed by atoms with van der Waals surface area (Å²) in [5, 5.41) is 3.50. The third kappa shape index (κ3) is 4.84. The molecule has 0 radical (unpaired) electrons. The Hall–Kier alpha value is 0.210. The summed E-state index contributed by atoms with van der Waals surface area (Å²) in [7, 11) is 0. The standard InChI is InChI=1S/C10H21NO.ClH/c1-7(2)11-9-5-10(6-9)12-8(3)4;/h7-11H,5-6H2,1-4H3;1H. The maximum absolute atomic E-state index is 5.66. The molecule has 80 valence electrons. The van der Waals surface area contributed by atoms with Crippen LogP contribution in [0.1, 0.15) is 40.5 Å². The third-order valence-electron chi connectivity index (χ3n) is 2.13. The van der Waals surface area contributed by atoms with Crippen LogP contribution < -0.4 is 5.32 Å². The normalized spacial score (nSPS) is 27.2. The maximum atomic E-state index is 5.66. The van der Waals surface area contributed by atoms with Crippen LogP contribution in [0.4, 0.5) is 0 Å². The van der Waals surface area contributed by atoms with Crippen LogP contribution in [-0.2, 0) is 4.74 Å². The predicted octanol–water partition coefficient (Wildman–Crippen LogP) is 2.36. The predicted molar refractivity (Wildman–Crippen MR) is 58.6 cm³/mol. The molecule has 0 unspecified atom stereocenters. The van der Waals surface area contributed by atoms with E-state index in [9.17, 15) is 0 Å². The van der Waals surface area contributed by atoms with Gasteiger partial charge in [0, 0.05) is 12.1 Å². The number of nitrogens with one attached hydrogen (secondary N) is 1. The summed E-state index contributed by atoms with van der Waals surface area (Å²) in [6, 6.07) is 1.31. The van der Waals surface area contributed by atoms with Crippen LogP contribution in [-0.4, -0.2) is 24.3 Å². The van der Waals surface area contributed by atoms with Crippen LogP contribution in [0.2, 0.25) is 0 Å². The molecule has 1 saturated carbocycles. The van der Waals surface area contributed by atoms with E-state index >= 15 is 0 Å². The summed E-state index contributed by atoms with van der Waals surface area (Å²) in [5.74, 6) is 0. The van der Waals surface area contributed by atoms with Gasteiger partial charge in [-0.3, -0.25) is 0 Å². The topological polar surface area (TPSA) is 21.3 Å². The Bertz CT molecular complexity index is 119. The molecule has 0 aromatic rings. The highest BCUT2D eigenvalue weighted by Crippen LogP contribution is 2.24. The second-order valence-electron chi connectivity index (χ2n) is 4.30. The van der Waals surface area contributed by atoms with Crippen molar-refractivity contribution in [2.75, 3.05) is 0 Å². The lowest BCUT2D eigenvalue weighted by Crippen LogP contribution is -2.48. The van der Waals surface area contributed by atoms with Gasteiger partial charge in [-0.15, -0.1) is 12.4 Å². The quantitative estimate of drug-likeness (QED) is 0.765. The monoisotopic (exact) mass is 207 g/mol. The molecule has 0 atom stereocenters. The smallest absolute Gasteiger partial charge is 0.0608 e. The highest BCUT2D eigenvalue weighted by atomic mass is 35.5. The highest BCUT2D eigenvalue weighted by molar-refractivity contribution is 5.85. The molecule has 1 fully saturated rings. The summed E-state index contributed by atoms with van der Waals surface area (Å²) < 4.78 is 5.66. The van der Waals surface area contributed by atoms with E-state index in [1.54, 1.807) is 0 Å². The Balaban J connectivity index is 0.00000144. The zero-order chi connectivity index (χ0) is 9.14.